The predicted octanol–water partition coefficient (Wildman–Crippen LogP) is 0.192. The van der Waals surface area contributed by atoms with Gasteiger partial charge in [-0.15, -0.1) is 10.2 Å². The molecule has 0 aliphatic carbocycles. The van der Waals surface area contributed by atoms with Gasteiger partial charge in [-0.1, -0.05) is 11.3 Å². The molecule has 0 fully saturated rings. The average molecular weight is 272 g/mol. The minimum atomic E-state index is -0.287. The lowest BCUT2D eigenvalue weighted by Crippen LogP contribution is -2.18. The molecule has 100 valence electrons. The maximum atomic E-state index is 11.4. The van der Waals surface area contributed by atoms with Crippen molar-refractivity contribution in [1.29, 1.82) is 0 Å². The van der Waals surface area contributed by atoms with Crippen molar-refractivity contribution in [1.82, 2.24) is 15.5 Å². The van der Waals surface area contributed by atoms with Gasteiger partial charge in [0.1, 0.15) is 5.01 Å². The van der Waals surface area contributed by atoms with Gasteiger partial charge in [0.2, 0.25) is 11.0 Å². The molecular formula is C10H16N4O3S. The monoisotopic (exact) mass is 272 g/mol. The largest absolute Gasteiger partial charge is 0.469 e. The van der Waals surface area contributed by atoms with Gasteiger partial charge in [0.15, 0.2) is 0 Å². The van der Waals surface area contributed by atoms with Crippen molar-refractivity contribution in [2.24, 2.45) is 0 Å². The van der Waals surface area contributed by atoms with Gasteiger partial charge in [-0.2, -0.15) is 0 Å². The highest BCUT2D eigenvalue weighted by Crippen LogP contribution is 2.16. The first-order valence-electron chi connectivity index (χ1n) is 5.49. The lowest BCUT2D eigenvalue weighted by molar-refractivity contribution is -0.140. The van der Waals surface area contributed by atoms with E-state index < -0.39 is 0 Å². The molecule has 0 saturated heterocycles. The Morgan fingerprint density at radius 3 is 2.78 bits per heavy atom. The molecule has 0 bridgehead atoms. The van der Waals surface area contributed by atoms with Crippen LogP contribution in [0.4, 0.5) is 5.13 Å². The summed E-state index contributed by atoms with van der Waals surface area (Å²) < 4.78 is 4.53. The summed E-state index contributed by atoms with van der Waals surface area (Å²) in [6, 6.07) is 0. The van der Waals surface area contributed by atoms with Crippen LogP contribution in [-0.2, 0) is 20.7 Å². The molecule has 0 unspecified atom stereocenters. The Labute approximate surface area is 109 Å². The van der Waals surface area contributed by atoms with E-state index in [9.17, 15) is 9.59 Å². The Morgan fingerprint density at radius 2 is 2.11 bits per heavy atom. The molecule has 0 aliphatic rings. The van der Waals surface area contributed by atoms with E-state index in [1.165, 1.54) is 18.4 Å². The number of hydrogen-bond donors (Lipinski definition) is 2. The summed E-state index contributed by atoms with van der Waals surface area (Å²) in [4.78, 5) is 22.4. The molecule has 0 aliphatic heterocycles. The third-order valence-corrected chi connectivity index (χ3v) is 2.98. The molecule has 1 rings (SSSR count). The molecule has 0 radical (unpaired) electrons. The van der Waals surface area contributed by atoms with Crippen molar-refractivity contribution in [3.63, 3.8) is 0 Å². The first-order valence-corrected chi connectivity index (χ1v) is 6.31. The number of carbonyl (C=O) groups excluding carboxylic acids is 2. The SMILES string of the molecule is CNCCC(=O)Nc1nnc(CCC(=O)OC)s1. The van der Waals surface area contributed by atoms with Gasteiger partial charge >= 0.3 is 5.97 Å². The van der Waals surface area contributed by atoms with E-state index in [2.05, 4.69) is 25.6 Å². The van der Waals surface area contributed by atoms with Crippen LogP contribution in [0.25, 0.3) is 0 Å². The fourth-order valence-corrected chi connectivity index (χ4v) is 1.89. The summed E-state index contributed by atoms with van der Waals surface area (Å²) in [6.07, 6.45) is 1.11. The second-order valence-corrected chi connectivity index (χ2v) is 4.54. The van der Waals surface area contributed by atoms with Gasteiger partial charge in [0.25, 0.3) is 0 Å². The molecule has 1 aromatic rings. The number of anilines is 1. The second kappa shape index (κ2) is 7.72. The van der Waals surface area contributed by atoms with Crippen molar-refractivity contribution in [3.8, 4) is 0 Å². The zero-order chi connectivity index (χ0) is 13.4. The summed E-state index contributed by atoms with van der Waals surface area (Å²) in [5.74, 6) is -0.398. The smallest absolute Gasteiger partial charge is 0.305 e. The number of nitrogens with one attached hydrogen (secondary N) is 2. The standard InChI is InChI=1S/C10H16N4O3S/c1-11-6-5-7(15)12-10-14-13-8(18-10)3-4-9(16)17-2/h11H,3-6H2,1-2H3,(H,12,14,15). The summed E-state index contributed by atoms with van der Waals surface area (Å²) >= 11 is 1.26. The molecule has 0 aromatic carbocycles. The van der Waals surface area contributed by atoms with Crippen LogP contribution in [-0.4, -0.2) is 42.8 Å². The Kier molecular flexibility index (Phi) is 6.23. The number of rotatable bonds is 7. The van der Waals surface area contributed by atoms with E-state index in [-0.39, 0.29) is 18.3 Å². The topological polar surface area (TPSA) is 93.2 Å². The molecule has 1 aromatic heterocycles. The van der Waals surface area contributed by atoms with Crippen LogP contribution in [0.2, 0.25) is 0 Å². The predicted molar refractivity (Wildman–Crippen MR) is 67.4 cm³/mol. The average Bonchev–Trinajstić information content (AvgIpc) is 2.81. The van der Waals surface area contributed by atoms with Crippen LogP contribution in [0.5, 0.6) is 0 Å². The number of aromatic nitrogens is 2. The number of aryl methyl sites for hydroxylation is 1. The van der Waals surface area contributed by atoms with Crippen LogP contribution < -0.4 is 10.6 Å². The van der Waals surface area contributed by atoms with E-state index in [1.807, 2.05) is 0 Å². The highest BCUT2D eigenvalue weighted by Gasteiger charge is 2.09. The first-order chi connectivity index (χ1) is 8.65. The molecule has 8 heteroatoms. The quantitative estimate of drug-likeness (QED) is 0.688. The van der Waals surface area contributed by atoms with E-state index in [4.69, 9.17) is 0 Å². The van der Waals surface area contributed by atoms with Crippen LogP contribution in [0.1, 0.15) is 17.8 Å². The molecule has 18 heavy (non-hydrogen) atoms. The lowest BCUT2D eigenvalue weighted by atomic mass is 10.3. The molecule has 0 saturated carbocycles. The van der Waals surface area contributed by atoms with Gasteiger partial charge < -0.3 is 15.4 Å². The Morgan fingerprint density at radius 1 is 1.33 bits per heavy atom. The fraction of sp³-hybridized carbons (Fsp3) is 0.600. The van der Waals surface area contributed by atoms with E-state index in [0.29, 0.717) is 29.5 Å². The summed E-state index contributed by atoms with van der Waals surface area (Å²) in [5, 5.41) is 14.4. The highest BCUT2D eigenvalue weighted by molar-refractivity contribution is 7.15. The lowest BCUT2D eigenvalue weighted by Gasteiger charge is -1.99. The van der Waals surface area contributed by atoms with Crippen molar-refractivity contribution >= 4 is 28.3 Å². The van der Waals surface area contributed by atoms with E-state index >= 15 is 0 Å². The van der Waals surface area contributed by atoms with Crippen molar-refractivity contribution in [2.45, 2.75) is 19.3 Å². The van der Waals surface area contributed by atoms with Gasteiger partial charge in [-0.05, 0) is 7.05 Å². The van der Waals surface area contributed by atoms with Crippen molar-refractivity contribution < 1.29 is 14.3 Å². The van der Waals surface area contributed by atoms with Gasteiger partial charge in [0, 0.05) is 19.4 Å². The maximum absolute atomic E-state index is 11.4. The van der Waals surface area contributed by atoms with Crippen LogP contribution in [0.15, 0.2) is 0 Å². The third-order valence-electron chi connectivity index (χ3n) is 2.09. The minimum absolute atomic E-state index is 0.111. The minimum Gasteiger partial charge on any atom is -0.469 e. The zero-order valence-corrected chi connectivity index (χ0v) is 11.2. The molecule has 7 nitrogen and oxygen atoms in total. The summed E-state index contributed by atoms with van der Waals surface area (Å²) in [7, 11) is 3.12. The number of carbonyl (C=O) groups is 2. The van der Waals surface area contributed by atoms with Crippen LogP contribution >= 0.6 is 11.3 Å². The Hall–Kier alpha value is -1.54. The summed E-state index contributed by atoms with van der Waals surface area (Å²) in [6.45, 7) is 0.611. The Bertz CT molecular complexity index is 408. The van der Waals surface area contributed by atoms with Crippen LogP contribution in [0, 0.1) is 0 Å². The second-order valence-electron chi connectivity index (χ2n) is 3.48. The molecule has 1 heterocycles. The number of hydrogen-bond acceptors (Lipinski definition) is 7. The highest BCUT2D eigenvalue weighted by atomic mass is 32.1. The number of amides is 1. The first kappa shape index (κ1) is 14.5. The normalized spacial score (nSPS) is 10.1. The number of nitrogens with zero attached hydrogens (tertiary/aromatic N) is 2. The van der Waals surface area contributed by atoms with Crippen molar-refractivity contribution in [2.75, 3.05) is 26.0 Å². The molecule has 0 atom stereocenters. The van der Waals surface area contributed by atoms with E-state index in [1.54, 1.807) is 7.05 Å². The van der Waals surface area contributed by atoms with Crippen LogP contribution in [0.3, 0.4) is 0 Å². The van der Waals surface area contributed by atoms with Gasteiger partial charge in [-0.25, -0.2) is 0 Å². The zero-order valence-electron chi connectivity index (χ0n) is 10.4. The number of ether oxygens (including phenoxy) is 1. The number of esters is 1. The number of methoxy groups -OCH3 is 1. The van der Waals surface area contributed by atoms with Crippen molar-refractivity contribution in [3.05, 3.63) is 5.01 Å². The maximum Gasteiger partial charge on any atom is 0.305 e. The third kappa shape index (κ3) is 5.19. The fourth-order valence-electron chi connectivity index (χ4n) is 1.14. The van der Waals surface area contributed by atoms with Gasteiger partial charge in [0.05, 0.1) is 13.5 Å². The summed E-state index contributed by atoms with van der Waals surface area (Å²) in [5.41, 5.74) is 0. The molecule has 0 spiro atoms. The van der Waals surface area contributed by atoms with Gasteiger partial charge in [-0.3, -0.25) is 9.59 Å². The van der Waals surface area contributed by atoms with E-state index in [0.717, 1.165) is 0 Å². The molecule has 1 amide bonds. The Balaban J connectivity index is 2.38. The molecular weight excluding hydrogens is 256 g/mol. The molecule has 2 N–H and O–H groups in total.